The first-order valence-corrected chi connectivity index (χ1v) is 9.44. The fourth-order valence-corrected chi connectivity index (χ4v) is 3.25. The molecule has 1 unspecified atom stereocenters. The summed E-state index contributed by atoms with van der Waals surface area (Å²) in [6.07, 6.45) is 7.90. The number of allylic oxidation sites excluding steroid dienone is 7. The lowest BCUT2D eigenvalue weighted by Crippen LogP contribution is -2.19. The molecule has 1 aromatic carbocycles. The van der Waals surface area contributed by atoms with Crippen molar-refractivity contribution in [3.05, 3.63) is 89.2 Å². The Morgan fingerprint density at radius 3 is 2.31 bits per heavy atom. The highest BCUT2D eigenvalue weighted by Gasteiger charge is 2.29. The summed E-state index contributed by atoms with van der Waals surface area (Å²) in [4.78, 5) is 0. The van der Waals surface area contributed by atoms with Crippen LogP contribution in [0.5, 0.6) is 0 Å². The van der Waals surface area contributed by atoms with Gasteiger partial charge in [0.2, 0.25) is 0 Å². The molecule has 1 N–H and O–H groups in total. The third kappa shape index (κ3) is 4.88. The number of aryl methyl sites for hydroxylation is 1. The molecule has 2 rings (SSSR count). The van der Waals surface area contributed by atoms with Crippen molar-refractivity contribution in [1.82, 2.24) is 5.32 Å². The second-order valence-corrected chi connectivity index (χ2v) is 8.36. The molecular weight excluding hydrogens is 314 g/mol. The summed E-state index contributed by atoms with van der Waals surface area (Å²) < 4.78 is 0. The van der Waals surface area contributed by atoms with Crippen molar-refractivity contribution >= 4 is 5.70 Å². The average Bonchev–Trinajstić information content (AvgIpc) is 2.98. The van der Waals surface area contributed by atoms with Crippen LogP contribution in [0.1, 0.15) is 52.2 Å². The molecule has 1 heteroatoms. The first-order valence-electron chi connectivity index (χ1n) is 9.44. The molecule has 1 aliphatic rings. The second kappa shape index (κ2) is 7.95. The summed E-state index contributed by atoms with van der Waals surface area (Å²) in [6, 6.07) is 8.44. The van der Waals surface area contributed by atoms with Crippen LogP contribution in [0, 0.1) is 18.3 Å². The topological polar surface area (TPSA) is 12.0 Å². The predicted molar refractivity (Wildman–Crippen MR) is 116 cm³/mol. The van der Waals surface area contributed by atoms with Gasteiger partial charge >= 0.3 is 0 Å². The first kappa shape index (κ1) is 20.0. The Morgan fingerprint density at radius 1 is 1.15 bits per heavy atom. The van der Waals surface area contributed by atoms with Crippen LogP contribution in [-0.4, -0.2) is 0 Å². The normalized spacial score (nSPS) is 17.6. The molecule has 26 heavy (non-hydrogen) atoms. The van der Waals surface area contributed by atoms with Crippen LogP contribution in [-0.2, 0) is 0 Å². The van der Waals surface area contributed by atoms with Gasteiger partial charge in [-0.2, -0.15) is 0 Å². The predicted octanol–water partition coefficient (Wildman–Crippen LogP) is 6.95. The van der Waals surface area contributed by atoms with Crippen molar-refractivity contribution in [2.75, 3.05) is 0 Å². The molecule has 0 bridgehead atoms. The lowest BCUT2D eigenvalue weighted by atomic mass is 9.77. The van der Waals surface area contributed by atoms with E-state index in [2.05, 4.69) is 103 Å². The lowest BCUT2D eigenvalue weighted by molar-refractivity contribution is 0.337. The Bertz CT molecular complexity index is 776. The van der Waals surface area contributed by atoms with Gasteiger partial charge in [0.25, 0.3) is 0 Å². The summed E-state index contributed by atoms with van der Waals surface area (Å²) >= 11 is 0. The van der Waals surface area contributed by atoms with Crippen molar-refractivity contribution in [2.24, 2.45) is 11.3 Å². The zero-order chi connectivity index (χ0) is 19.5. The van der Waals surface area contributed by atoms with E-state index >= 15 is 0 Å². The highest BCUT2D eigenvalue weighted by atomic mass is 14.9. The van der Waals surface area contributed by atoms with E-state index in [9.17, 15) is 0 Å². The zero-order valence-electron chi connectivity index (χ0n) is 17.2. The molecule has 0 saturated carbocycles. The van der Waals surface area contributed by atoms with E-state index in [-0.39, 0.29) is 5.41 Å². The molecule has 0 spiro atoms. The summed E-state index contributed by atoms with van der Waals surface area (Å²) in [5.74, 6) is 0.394. The fraction of sp³-hybridized carbons (Fsp3) is 0.360. The second-order valence-electron chi connectivity index (χ2n) is 8.36. The highest BCUT2D eigenvalue weighted by Crippen LogP contribution is 2.41. The monoisotopic (exact) mass is 347 g/mol. The number of rotatable bonds is 6. The SMILES string of the molecule is C=C(CC)C1=CC(C(C)(C)C)C(/C=C(\C)NC(=C)c2ccc(C)cc2)=C1. The molecule has 0 fully saturated rings. The van der Waals surface area contributed by atoms with E-state index < -0.39 is 0 Å². The smallest absolute Gasteiger partial charge is 0.0382 e. The van der Waals surface area contributed by atoms with Gasteiger partial charge in [-0.1, -0.05) is 82.8 Å². The van der Waals surface area contributed by atoms with E-state index in [1.807, 2.05) is 0 Å². The molecule has 138 valence electrons. The molecule has 1 nitrogen and oxygen atoms in total. The first-order chi connectivity index (χ1) is 12.1. The summed E-state index contributed by atoms with van der Waals surface area (Å²) in [5, 5.41) is 3.45. The van der Waals surface area contributed by atoms with Gasteiger partial charge in [0.1, 0.15) is 0 Å². The van der Waals surface area contributed by atoms with Gasteiger partial charge in [-0.05, 0) is 54.0 Å². The minimum Gasteiger partial charge on any atom is -0.359 e. The number of hydrogen-bond acceptors (Lipinski definition) is 1. The Labute approximate surface area is 159 Å². The third-order valence-electron chi connectivity index (χ3n) is 4.93. The van der Waals surface area contributed by atoms with E-state index in [1.165, 1.54) is 22.3 Å². The minimum absolute atomic E-state index is 0.173. The van der Waals surface area contributed by atoms with Gasteiger partial charge in [-0.15, -0.1) is 0 Å². The lowest BCUT2D eigenvalue weighted by Gasteiger charge is -2.27. The van der Waals surface area contributed by atoms with E-state index in [4.69, 9.17) is 0 Å². The van der Waals surface area contributed by atoms with Crippen LogP contribution in [0.15, 0.2) is 78.1 Å². The van der Waals surface area contributed by atoms with E-state index in [1.54, 1.807) is 0 Å². The van der Waals surface area contributed by atoms with Crippen molar-refractivity contribution in [1.29, 1.82) is 0 Å². The van der Waals surface area contributed by atoms with Crippen LogP contribution in [0.3, 0.4) is 0 Å². The minimum atomic E-state index is 0.173. The molecule has 0 saturated heterocycles. The molecule has 1 aliphatic carbocycles. The average molecular weight is 348 g/mol. The molecule has 1 aromatic rings. The zero-order valence-corrected chi connectivity index (χ0v) is 17.2. The molecule has 1 atom stereocenters. The quantitative estimate of drug-likeness (QED) is 0.587. The molecule has 0 amide bonds. The molecular formula is C25H33N. The summed E-state index contributed by atoms with van der Waals surface area (Å²) in [5.41, 5.74) is 8.41. The molecule has 0 radical (unpaired) electrons. The largest absolute Gasteiger partial charge is 0.359 e. The summed E-state index contributed by atoms with van der Waals surface area (Å²) in [6.45, 7) is 21.7. The van der Waals surface area contributed by atoms with Gasteiger partial charge in [0.05, 0.1) is 0 Å². The van der Waals surface area contributed by atoms with Crippen LogP contribution in [0.25, 0.3) is 5.70 Å². The number of benzene rings is 1. The van der Waals surface area contributed by atoms with Crippen LogP contribution in [0.2, 0.25) is 0 Å². The van der Waals surface area contributed by atoms with Gasteiger partial charge in [0, 0.05) is 17.3 Å². The maximum absolute atomic E-state index is 4.22. The van der Waals surface area contributed by atoms with Gasteiger partial charge in [0.15, 0.2) is 0 Å². The molecule has 0 aliphatic heterocycles. The highest BCUT2D eigenvalue weighted by molar-refractivity contribution is 5.63. The number of hydrogen-bond donors (Lipinski definition) is 1. The maximum atomic E-state index is 4.22. The number of nitrogens with one attached hydrogen (secondary N) is 1. The van der Waals surface area contributed by atoms with E-state index in [0.29, 0.717) is 5.92 Å². The van der Waals surface area contributed by atoms with Crippen molar-refractivity contribution in [3.8, 4) is 0 Å². The van der Waals surface area contributed by atoms with Crippen molar-refractivity contribution < 1.29 is 0 Å². The van der Waals surface area contributed by atoms with Gasteiger partial charge in [-0.3, -0.25) is 0 Å². The Hall–Kier alpha value is -2.28. The Balaban J connectivity index is 2.21. The van der Waals surface area contributed by atoms with Crippen molar-refractivity contribution in [3.63, 3.8) is 0 Å². The fourth-order valence-electron chi connectivity index (χ4n) is 3.25. The van der Waals surface area contributed by atoms with Gasteiger partial charge in [-0.25, -0.2) is 0 Å². The molecule has 0 heterocycles. The maximum Gasteiger partial charge on any atom is 0.0382 e. The van der Waals surface area contributed by atoms with Crippen molar-refractivity contribution in [2.45, 2.75) is 48.0 Å². The Morgan fingerprint density at radius 2 is 1.77 bits per heavy atom. The Kier molecular flexibility index (Phi) is 6.13. The third-order valence-corrected chi connectivity index (χ3v) is 4.93. The standard InChI is InChI=1S/C25H33N/c1-9-18(3)22-15-23(24(16-22)25(6,7)8)14-19(4)26-20(5)21-12-10-17(2)11-13-21/h10-16,24,26H,3,5,9H2,1-2,4,6-8H3/b19-14+. The summed E-state index contributed by atoms with van der Waals surface area (Å²) in [7, 11) is 0. The van der Waals surface area contributed by atoms with Gasteiger partial charge < -0.3 is 5.32 Å². The molecule has 0 aromatic heterocycles. The van der Waals surface area contributed by atoms with Crippen LogP contribution < -0.4 is 5.32 Å². The van der Waals surface area contributed by atoms with Crippen LogP contribution >= 0.6 is 0 Å². The van der Waals surface area contributed by atoms with Crippen LogP contribution in [0.4, 0.5) is 0 Å². The van der Waals surface area contributed by atoms with E-state index in [0.717, 1.165) is 23.4 Å².